The number of carbonyl (C=O) groups is 2. The van der Waals surface area contributed by atoms with E-state index in [1.54, 1.807) is 13.1 Å². The zero-order chi connectivity index (χ0) is 19.0. The van der Waals surface area contributed by atoms with Crippen molar-refractivity contribution in [2.45, 2.75) is 19.9 Å². The summed E-state index contributed by atoms with van der Waals surface area (Å²) < 4.78 is 5.53. The van der Waals surface area contributed by atoms with E-state index in [9.17, 15) is 9.59 Å². The van der Waals surface area contributed by atoms with Gasteiger partial charge in [0.25, 0.3) is 5.91 Å². The minimum Gasteiger partial charge on any atom is -0.482 e. The van der Waals surface area contributed by atoms with E-state index in [0.29, 0.717) is 11.4 Å². The summed E-state index contributed by atoms with van der Waals surface area (Å²) in [5.41, 5.74) is 3.05. The van der Waals surface area contributed by atoms with E-state index in [1.807, 2.05) is 41.8 Å². The predicted molar refractivity (Wildman–Crippen MR) is 104 cm³/mol. The first-order chi connectivity index (χ1) is 13.0. The molecule has 1 unspecified atom stereocenters. The maximum Gasteiger partial charge on any atom is 0.265 e. The number of fused-ring (bicyclic) bond motifs is 1. The molecule has 7 heteroatoms. The van der Waals surface area contributed by atoms with Crippen molar-refractivity contribution in [3.63, 3.8) is 0 Å². The van der Waals surface area contributed by atoms with Gasteiger partial charge in [0.15, 0.2) is 12.4 Å². The fourth-order valence-corrected chi connectivity index (χ4v) is 3.75. The van der Waals surface area contributed by atoms with Gasteiger partial charge in [-0.3, -0.25) is 19.5 Å². The molecule has 1 atom stereocenters. The first-order valence-electron chi connectivity index (χ1n) is 8.51. The van der Waals surface area contributed by atoms with Gasteiger partial charge in [-0.25, -0.2) is 4.98 Å². The van der Waals surface area contributed by atoms with Crippen LogP contribution in [0.15, 0.2) is 48.0 Å². The quantitative estimate of drug-likeness (QED) is 0.693. The molecule has 0 N–H and O–H groups in total. The summed E-state index contributed by atoms with van der Waals surface area (Å²) in [5.74, 6) is 0.286. The number of hydrogen-bond acceptors (Lipinski definition) is 6. The predicted octanol–water partition coefficient (Wildman–Crippen LogP) is 3.58. The van der Waals surface area contributed by atoms with E-state index < -0.39 is 6.04 Å². The second-order valence-electron chi connectivity index (χ2n) is 6.27. The fraction of sp³-hybridized carbons (Fsp3) is 0.200. The van der Waals surface area contributed by atoms with Crippen molar-refractivity contribution in [3.8, 4) is 27.7 Å². The lowest BCUT2D eigenvalue weighted by Crippen LogP contribution is -2.47. The van der Waals surface area contributed by atoms with Crippen LogP contribution in [0.1, 0.15) is 13.8 Å². The number of ketones is 1. The van der Waals surface area contributed by atoms with Gasteiger partial charge in [-0.05, 0) is 44.2 Å². The van der Waals surface area contributed by atoms with E-state index in [1.165, 1.54) is 23.2 Å². The number of thiazole rings is 1. The number of amides is 1. The van der Waals surface area contributed by atoms with Gasteiger partial charge in [-0.1, -0.05) is 6.07 Å². The van der Waals surface area contributed by atoms with Crippen molar-refractivity contribution in [3.05, 3.63) is 48.0 Å². The Kier molecular flexibility index (Phi) is 4.45. The number of nitrogens with zero attached hydrogens (tertiary/aromatic N) is 3. The first-order valence-corrected chi connectivity index (χ1v) is 9.39. The molecule has 136 valence electrons. The van der Waals surface area contributed by atoms with Crippen molar-refractivity contribution in [2.75, 3.05) is 11.5 Å². The third-order valence-corrected chi connectivity index (χ3v) is 5.36. The highest BCUT2D eigenvalue weighted by atomic mass is 32.1. The molecule has 4 rings (SSSR count). The molecule has 0 spiro atoms. The van der Waals surface area contributed by atoms with Gasteiger partial charge in [0.1, 0.15) is 10.8 Å². The maximum absolute atomic E-state index is 12.4. The van der Waals surface area contributed by atoms with Gasteiger partial charge in [0, 0.05) is 17.1 Å². The van der Waals surface area contributed by atoms with Gasteiger partial charge < -0.3 is 4.74 Å². The van der Waals surface area contributed by atoms with E-state index in [4.69, 9.17) is 4.74 Å². The van der Waals surface area contributed by atoms with Gasteiger partial charge in [0.05, 0.1) is 23.1 Å². The Bertz CT molecular complexity index is 1020. The number of Topliss-reactive ketones (excluding diaryl/α,β-unsaturated/α-hetero) is 1. The molecule has 1 amide bonds. The second-order valence-corrected chi connectivity index (χ2v) is 7.13. The molecule has 0 saturated carbocycles. The standard InChI is InChI=1S/C20H17N3O3S/c1-12(13(2)24)23-17-9-14(6-7-18(17)26-10-19(23)25)16-11-27-20(22-16)15-5-3-4-8-21-15/h3-9,11-12H,10H2,1-2H3. The summed E-state index contributed by atoms with van der Waals surface area (Å²) in [6.07, 6.45) is 1.74. The highest BCUT2D eigenvalue weighted by Crippen LogP contribution is 2.38. The Morgan fingerprint density at radius 2 is 2.11 bits per heavy atom. The summed E-state index contributed by atoms with van der Waals surface area (Å²) in [7, 11) is 0. The molecule has 2 aromatic heterocycles. The fourth-order valence-electron chi connectivity index (χ4n) is 2.95. The Hall–Kier alpha value is -3.06. The molecule has 1 aliphatic heterocycles. The third-order valence-electron chi connectivity index (χ3n) is 4.50. The largest absolute Gasteiger partial charge is 0.482 e. The van der Waals surface area contributed by atoms with Crippen molar-refractivity contribution in [2.24, 2.45) is 0 Å². The normalized spacial score (nSPS) is 14.4. The molecule has 0 bridgehead atoms. The molecule has 0 saturated heterocycles. The summed E-state index contributed by atoms with van der Waals surface area (Å²) in [4.78, 5) is 34.7. The number of rotatable bonds is 4. The van der Waals surface area contributed by atoms with Crippen molar-refractivity contribution < 1.29 is 14.3 Å². The summed E-state index contributed by atoms with van der Waals surface area (Å²) in [5, 5.41) is 2.78. The smallest absolute Gasteiger partial charge is 0.265 e. The lowest BCUT2D eigenvalue weighted by atomic mass is 10.1. The van der Waals surface area contributed by atoms with Gasteiger partial charge >= 0.3 is 0 Å². The molecule has 27 heavy (non-hydrogen) atoms. The van der Waals surface area contributed by atoms with E-state index in [0.717, 1.165) is 22.0 Å². The summed E-state index contributed by atoms with van der Waals surface area (Å²) in [6.45, 7) is 3.14. The van der Waals surface area contributed by atoms with E-state index in [2.05, 4.69) is 9.97 Å². The Morgan fingerprint density at radius 1 is 1.26 bits per heavy atom. The van der Waals surface area contributed by atoms with Crippen molar-refractivity contribution >= 4 is 28.7 Å². The van der Waals surface area contributed by atoms with E-state index in [-0.39, 0.29) is 18.3 Å². The molecule has 3 heterocycles. The van der Waals surface area contributed by atoms with Crippen molar-refractivity contribution in [1.82, 2.24) is 9.97 Å². The van der Waals surface area contributed by atoms with Gasteiger partial charge in [0.2, 0.25) is 0 Å². The number of hydrogen-bond donors (Lipinski definition) is 0. The SMILES string of the molecule is CC(=O)C(C)N1C(=O)COc2ccc(-c3csc(-c4ccccn4)n3)cc21. The molecule has 3 aromatic rings. The number of pyridine rings is 1. The first kappa shape index (κ1) is 17.4. The summed E-state index contributed by atoms with van der Waals surface area (Å²) in [6, 6.07) is 10.7. The van der Waals surface area contributed by atoms with Crippen LogP contribution in [0.2, 0.25) is 0 Å². The van der Waals surface area contributed by atoms with Crippen LogP contribution in [-0.2, 0) is 9.59 Å². The second kappa shape index (κ2) is 6.92. The van der Waals surface area contributed by atoms with Gasteiger partial charge in [-0.15, -0.1) is 11.3 Å². The minimum absolute atomic E-state index is 0.0650. The van der Waals surface area contributed by atoms with Crippen LogP contribution in [0.4, 0.5) is 5.69 Å². The Balaban J connectivity index is 1.73. The highest BCUT2D eigenvalue weighted by molar-refractivity contribution is 7.13. The molecule has 0 fully saturated rings. The molecular weight excluding hydrogens is 362 g/mol. The number of anilines is 1. The molecule has 0 radical (unpaired) electrons. The van der Waals surface area contributed by atoms with Crippen molar-refractivity contribution in [1.29, 1.82) is 0 Å². The van der Waals surface area contributed by atoms with Crippen LogP contribution in [-0.4, -0.2) is 34.3 Å². The average Bonchev–Trinajstić information content (AvgIpc) is 3.18. The van der Waals surface area contributed by atoms with Gasteiger partial charge in [-0.2, -0.15) is 0 Å². The number of aromatic nitrogens is 2. The van der Waals surface area contributed by atoms with Crippen LogP contribution in [0.25, 0.3) is 22.0 Å². The Labute approximate surface area is 160 Å². The van der Waals surface area contributed by atoms with E-state index >= 15 is 0 Å². The highest BCUT2D eigenvalue weighted by Gasteiger charge is 2.32. The van der Waals surface area contributed by atoms with Crippen LogP contribution in [0.3, 0.4) is 0 Å². The number of carbonyl (C=O) groups excluding carboxylic acids is 2. The van der Waals surface area contributed by atoms with Crippen LogP contribution in [0.5, 0.6) is 5.75 Å². The zero-order valence-corrected chi connectivity index (χ0v) is 15.7. The molecule has 0 aliphatic carbocycles. The number of ether oxygens (including phenoxy) is 1. The third kappa shape index (κ3) is 3.21. The monoisotopic (exact) mass is 379 g/mol. The molecular formula is C20H17N3O3S. The lowest BCUT2D eigenvalue weighted by molar-refractivity contribution is -0.125. The zero-order valence-electron chi connectivity index (χ0n) is 14.9. The minimum atomic E-state index is -0.546. The molecule has 1 aromatic carbocycles. The van der Waals surface area contributed by atoms with Crippen LogP contribution < -0.4 is 9.64 Å². The molecule has 6 nitrogen and oxygen atoms in total. The lowest BCUT2D eigenvalue weighted by Gasteiger charge is -2.33. The average molecular weight is 379 g/mol. The van der Waals surface area contributed by atoms with Crippen LogP contribution in [0, 0.1) is 0 Å². The van der Waals surface area contributed by atoms with Crippen LogP contribution >= 0.6 is 11.3 Å². The topological polar surface area (TPSA) is 72.4 Å². The summed E-state index contributed by atoms with van der Waals surface area (Å²) >= 11 is 1.51. The number of benzene rings is 1. The molecule has 1 aliphatic rings. The maximum atomic E-state index is 12.4. The Morgan fingerprint density at radius 3 is 2.85 bits per heavy atom.